The number of imide groups is 1. The van der Waals surface area contributed by atoms with E-state index in [0.717, 1.165) is 99.7 Å². The highest BCUT2D eigenvalue weighted by molar-refractivity contribution is 6.01. The van der Waals surface area contributed by atoms with Gasteiger partial charge in [0.2, 0.25) is 17.8 Å². The van der Waals surface area contributed by atoms with Gasteiger partial charge in [-0.2, -0.15) is 4.98 Å². The maximum atomic E-state index is 13.1. The van der Waals surface area contributed by atoms with Gasteiger partial charge in [0, 0.05) is 83.1 Å². The number of aromatic nitrogens is 4. The Morgan fingerprint density at radius 2 is 1.65 bits per heavy atom. The van der Waals surface area contributed by atoms with E-state index >= 15 is 0 Å². The largest absolute Gasteiger partial charge is 0.372 e. The Labute approximate surface area is 317 Å². The number of nitrogens with zero attached hydrogens (tertiary/aromatic N) is 8. The van der Waals surface area contributed by atoms with Crippen LogP contribution in [-0.4, -0.2) is 107 Å². The van der Waals surface area contributed by atoms with Gasteiger partial charge >= 0.3 is 0 Å². The summed E-state index contributed by atoms with van der Waals surface area (Å²) in [6, 6.07) is 14.6. The van der Waals surface area contributed by atoms with Crippen LogP contribution in [0.15, 0.2) is 54.9 Å². The van der Waals surface area contributed by atoms with E-state index in [1.807, 2.05) is 30.5 Å². The summed E-state index contributed by atoms with van der Waals surface area (Å²) in [6.45, 7) is 7.22. The van der Waals surface area contributed by atoms with Crippen molar-refractivity contribution in [3.63, 3.8) is 0 Å². The number of fused-ring (bicyclic) bond motifs is 1. The molecule has 4 aromatic rings. The summed E-state index contributed by atoms with van der Waals surface area (Å²) >= 11 is 0. The van der Waals surface area contributed by atoms with Crippen LogP contribution in [0, 0.1) is 5.92 Å². The first kappa shape index (κ1) is 36.0. The number of benzene rings is 1. The molecule has 3 aromatic heterocycles. The lowest BCUT2D eigenvalue weighted by Gasteiger charge is -2.38. The van der Waals surface area contributed by atoms with Gasteiger partial charge < -0.3 is 24.6 Å². The number of anilines is 4. The Balaban J connectivity index is 0.803. The Bertz CT molecular complexity index is 1970. The van der Waals surface area contributed by atoms with Crippen molar-refractivity contribution in [2.75, 3.05) is 75.0 Å². The fourth-order valence-electron chi connectivity index (χ4n) is 8.78. The molecule has 284 valence electrons. The molecule has 0 radical (unpaired) electrons. The van der Waals surface area contributed by atoms with Crippen LogP contribution < -0.4 is 20.4 Å². The number of pyridine rings is 1. The van der Waals surface area contributed by atoms with Crippen LogP contribution in [-0.2, 0) is 9.59 Å². The molecule has 0 spiro atoms. The van der Waals surface area contributed by atoms with Gasteiger partial charge in [-0.25, -0.2) is 9.97 Å². The molecule has 1 aromatic carbocycles. The molecule has 6 heterocycles. The van der Waals surface area contributed by atoms with E-state index in [0.29, 0.717) is 30.3 Å². The second kappa shape index (κ2) is 15.7. The number of piperidine rings is 2. The number of rotatable bonds is 10. The molecule has 13 nitrogen and oxygen atoms in total. The predicted molar refractivity (Wildman–Crippen MR) is 210 cm³/mol. The average molecular weight is 733 g/mol. The van der Waals surface area contributed by atoms with E-state index in [-0.39, 0.29) is 29.7 Å². The van der Waals surface area contributed by atoms with E-state index in [4.69, 9.17) is 9.97 Å². The highest BCUT2D eigenvalue weighted by Gasteiger charge is 2.30. The number of carbonyl (C=O) groups is 3. The molecule has 4 fully saturated rings. The maximum absolute atomic E-state index is 13.1. The van der Waals surface area contributed by atoms with Crippen molar-refractivity contribution in [1.82, 2.24) is 34.6 Å². The molecule has 54 heavy (non-hydrogen) atoms. The van der Waals surface area contributed by atoms with Gasteiger partial charge in [0.15, 0.2) is 0 Å². The van der Waals surface area contributed by atoms with Crippen molar-refractivity contribution in [2.24, 2.45) is 5.92 Å². The molecule has 1 unspecified atom stereocenters. The third-order valence-corrected chi connectivity index (χ3v) is 12.0. The molecule has 8 rings (SSSR count). The van der Waals surface area contributed by atoms with Crippen LogP contribution in [0.25, 0.3) is 11.0 Å². The van der Waals surface area contributed by atoms with E-state index in [1.165, 1.54) is 24.9 Å². The van der Waals surface area contributed by atoms with Crippen LogP contribution >= 0.6 is 0 Å². The topological polar surface area (TPSA) is 132 Å². The molecule has 1 atom stereocenters. The third-order valence-electron chi connectivity index (χ3n) is 12.0. The smallest absolute Gasteiger partial charge is 0.270 e. The Kier molecular flexibility index (Phi) is 10.5. The van der Waals surface area contributed by atoms with Crippen LogP contribution in [0.4, 0.5) is 23.1 Å². The Hall–Kier alpha value is -5.04. The zero-order chi connectivity index (χ0) is 37.2. The van der Waals surface area contributed by atoms with Crippen LogP contribution in [0.3, 0.4) is 0 Å². The number of hydrogen-bond donors (Lipinski definition) is 2. The van der Waals surface area contributed by atoms with Gasteiger partial charge in [-0.1, -0.05) is 25.0 Å². The summed E-state index contributed by atoms with van der Waals surface area (Å²) in [6.07, 6.45) is 12.7. The molecule has 3 amide bonds. The highest BCUT2D eigenvalue weighted by atomic mass is 16.2. The van der Waals surface area contributed by atoms with Crippen molar-refractivity contribution >= 4 is 51.9 Å². The van der Waals surface area contributed by atoms with Crippen molar-refractivity contribution in [3.8, 4) is 0 Å². The zero-order valence-corrected chi connectivity index (χ0v) is 31.5. The minimum absolute atomic E-state index is 0.0157. The van der Waals surface area contributed by atoms with Gasteiger partial charge in [0.05, 0.1) is 17.8 Å². The molecule has 2 N–H and O–H groups in total. The third kappa shape index (κ3) is 7.77. The Morgan fingerprint density at radius 1 is 0.870 bits per heavy atom. The first-order valence-electron chi connectivity index (χ1n) is 19.8. The number of nitrogens with one attached hydrogen (secondary N) is 2. The SMILES string of the molecule is CN(C)C(=O)c1cc2cnc(Nc3ccc(N4CCN(CCC5CCN(c6cccc(C7CCC(=O)NC7=O)c6)CC5)CC4)cn3)nc2n1C1CCCC1. The van der Waals surface area contributed by atoms with Crippen molar-refractivity contribution < 1.29 is 14.4 Å². The first-order valence-corrected chi connectivity index (χ1v) is 19.8. The molecular formula is C41H52N10O3. The van der Waals surface area contributed by atoms with Gasteiger partial charge in [-0.15, -0.1) is 0 Å². The van der Waals surface area contributed by atoms with Gasteiger partial charge in [-0.3, -0.25) is 24.6 Å². The van der Waals surface area contributed by atoms with Gasteiger partial charge in [-0.05, 0) is 86.9 Å². The molecular weight excluding hydrogens is 681 g/mol. The molecule has 3 aliphatic heterocycles. The monoisotopic (exact) mass is 732 g/mol. The van der Waals surface area contributed by atoms with E-state index < -0.39 is 0 Å². The molecule has 3 saturated heterocycles. The maximum Gasteiger partial charge on any atom is 0.270 e. The number of amides is 3. The molecule has 1 aliphatic carbocycles. The van der Waals surface area contributed by atoms with Crippen LogP contribution in [0.5, 0.6) is 0 Å². The fourth-order valence-corrected chi connectivity index (χ4v) is 8.78. The lowest BCUT2D eigenvalue weighted by molar-refractivity contribution is -0.134. The van der Waals surface area contributed by atoms with Gasteiger partial charge in [0.1, 0.15) is 17.2 Å². The second-order valence-corrected chi connectivity index (χ2v) is 15.7. The van der Waals surface area contributed by atoms with E-state index in [9.17, 15) is 14.4 Å². The number of piperazine rings is 1. The normalized spacial score (nSPS) is 20.4. The van der Waals surface area contributed by atoms with Crippen molar-refractivity contribution in [1.29, 1.82) is 0 Å². The van der Waals surface area contributed by atoms with Crippen molar-refractivity contribution in [2.45, 2.75) is 69.7 Å². The summed E-state index contributed by atoms with van der Waals surface area (Å²) in [4.78, 5) is 60.3. The lowest BCUT2D eigenvalue weighted by Crippen LogP contribution is -2.47. The molecule has 4 aliphatic rings. The van der Waals surface area contributed by atoms with Gasteiger partial charge in [0.25, 0.3) is 5.91 Å². The summed E-state index contributed by atoms with van der Waals surface area (Å²) in [5, 5.41) is 6.66. The fraction of sp³-hybridized carbons (Fsp3) is 0.512. The minimum atomic E-state index is -0.243. The number of hydrogen-bond acceptors (Lipinski definition) is 10. The lowest BCUT2D eigenvalue weighted by atomic mass is 9.89. The second-order valence-electron chi connectivity index (χ2n) is 15.7. The zero-order valence-electron chi connectivity index (χ0n) is 31.5. The number of carbonyl (C=O) groups excluding carboxylic acids is 3. The van der Waals surface area contributed by atoms with Crippen molar-refractivity contribution in [3.05, 3.63) is 66.1 Å². The first-order chi connectivity index (χ1) is 26.3. The summed E-state index contributed by atoms with van der Waals surface area (Å²) in [7, 11) is 3.58. The molecule has 13 heteroatoms. The van der Waals surface area contributed by atoms with Crippen LogP contribution in [0.2, 0.25) is 0 Å². The molecule has 1 saturated carbocycles. The summed E-state index contributed by atoms with van der Waals surface area (Å²) in [5.41, 5.74) is 4.76. The summed E-state index contributed by atoms with van der Waals surface area (Å²) < 4.78 is 2.13. The minimum Gasteiger partial charge on any atom is -0.372 e. The van der Waals surface area contributed by atoms with E-state index in [2.05, 4.69) is 53.1 Å². The Morgan fingerprint density at radius 3 is 2.37 bits per heavy atom. The molecule has 0 bridgehead atoms. The van der Waals surface area contributed by atoms with Crippen LogP contribution in [0.1, 0.15) is 85.8 Å². The van der Waals surface area contributed by atoms with E-state index in [1.54, 1.807) is 25.2 Å². The predicted octanol–water partition coefficient (Wildman–Crippen LogP) is 5.34. The average Bonchev–Trinajstić information content (AvgIpc) is 3.86. The quantitative estimate of drug-likeness (QED) is 0.206. The summed E-state index contributed by atoms with van der Waals surface area (Å²) in [5.74, 6) is 1.28. The highest BCUT2D eigenvalue weighted by Crippen LogP contribution is 2.35. The standard InChI is InChI=1S/C41H52N10O3/c1-47(2)40(54)35-25-30-26-43-41(46-38(30)51(35)31-7-3-4-8-31)44-36-12-10-33(27-42-36)50-22-20-48(21-23-50)17-14-28-15-18-49(19-16-28)32-9-5-6-29(24-32)34-11-13-37(52)45-39(34)53/h5-6,9-10,12,24-28,31,34H,3-4,7-8,11,13-23H2,1-2H3,(H,45,52,53)(H,42,43,44,46).